The normalized spacial score (nSPS) is 18.3. The number of halogens is 1. The third kappa shape index (κ3) is 2.25. The highest BCUT2D eigenvalue weighted by Gasteiger charge is 2.25. The van der Waals surface area contributed by atoms with E-state index >= 15 is 0 Å². The van der Waals surface area contributed by atoms with Crippen LogP contribution in [0.5, 0.6) is 11.5 Å². The maximum Gasteiger partial charge on any atom is 0.127 e. The number of aryl methyl sites for hydroxylation is 1. The summed E-state index contributed by atoms with van der Waals surface area (Å²) in [6.45, 7) is 3.12. The number of ether oxygens (including phenoxy) is 2. The van der Waals surface area contributed by atoms with E-state index in [1.807, 2.05) is 6.92 Å². The van der Waals surface area contributed by atoms with Gasteiger partial charge >= 0.3 is 0 Å². The van der Waals surface area contributed by atoms with Crippen LogP contribution in [-0.2, 0) is 0 Å². The topological polar surface area (TPSA) is 30.5 Å². The second kappa shape index (κ2) is 5.41. The molecule has 0 aromatic heterocycles. The van der Waals surface area contributed by atoms with Crippen molar-refractivity contribution < 1.29 is 9.47 Å². The van der Waals surface area contributed by atoms with Crippen LogP contribution < -0.4 is 14.8 Å². The number of hydrogen-bond donors (Lipinski definition) is 1. The second-order valence-corrected chi connectivity index (χ2v) is 3.88. The highest BCUT2D eigenvalue weighted by molar-refractivity contribution is 5.85. The molecule has 16 heavy (non-hydrogen) atoms. The van der Waals surface area contributed by atoms with Gasteiger partial charge in [0.25, 0.3) is 0 Å². The molecule has 0 bridgehead atoms. The first-order valence-electron chi connectivity index (χ1n) is 5.22. The van der Waals surface area contributed by atoms with Gasteiger partial charge in [-0.25, -0.2) is 0 Å². The van der Waals surface area contributed by atoms with Crippen LogP contribution >= 0.6 is 12.4 Å². The lowest BCUT2D eigenvalue weighted by Gasteiger charge is -2.30. The van der Waals surface area contributed by atoms with Gasteiger partial charge in [-0.05, 0) is 37.6 Å². The van der Waals surface area contributed by atoms with Gasteiger partial charge in [0.2, 0.25) is 0 Å². The minimum absolute atomic E-state index is 0. The van der Waals surface area contributed by atoms with Gasteiger partial charge < -0.3 is 14.8 Å². The number of benzene rings is 1. The summed E-state index contributed by atoms with van der Waals surface area (Å²) >= 11 is 0. The summed E-state index contributed by atoms with van der Waals surface area (Å²) < 4.78 is 10.8. The molecule has 0 amide bonds. The molecule has 0 radical (unpaired) electrons. The van der Waals surface area contributed by atoms with E-state index in [0.29, 0.717) is 6.04 Å². The predicted octanol–water partition coefficient (Wildman–Crippen LogP) is 2.47. The van der Waals surface area contributed by atoms with Gasteiger partial charge in [-0.1, -0.05) is 0 Å². The van der Waals surface area contributed by atoms with Crippen LogP contribution in [0.15, 0.2) is 12.1 Å². The van der Waals surface area contributed by atoms with Crippen molar-refractivity contribution in [2.75, 3.05) is 20.8 Å². The fourth-order valence-electron chi connectivity index (χ4n) is 1.95. The largest absolute Gasteiger partial charge is 0.496 e. The first-order chi connectivity index (χ1) is 7.26. The molecule has 0 spiro atoms. The molecule has 0 saturated carbocycles. The number of nitrogens with one attached hydrogen (secondary N) is 1. The monoisotopic (exact) mass is 243 g/mol. The van der Waals surface area contributed by atoms with E-state index in [4.69, 9.17) is 9.47 Å². The molecule has 3 nitrogen and oxygen atoms in total. The maximum atomic E-state index is 5.41. The van der Waals surface area contributed by atoms with Crippen molar-refractivity contribution in [1.29, 1.82) is 0 Å². The molecular weight excluding hydrogens is 226 g/mol. The van der Waals surface area contributed by atoms with E-state index in [-0.39, 0.29) is 12.4 Å². The Morgan fingerprint density at radius 3 is 2.00 bits per heavy atom. The van der Waals surface area contributed by atoms with Crippen molar-refractivity contribution in [2.45, 2.75) is 19.4 Å². The lowest BCUT2D eigenvalue weighted by Crippen LogP contribution is -2.35. The van der Waals surface area contributed by atoms with Crippen molar-refractivity contribution >= 4 is 12.4 Å². The highest BCUT2D eigenvalue weighted by Crippen LogP contribution is 2.39. The second-order valence-electron chi connectivity index (χ2n) is 3.88. The lowest BCUT2D eigenvalue weighted by molar-refractivity contribution is 0.330. The Hall–Kier alpha value is -0.930. The van der Waals surface area contributed by atoms with E-state index in [0.717, 1.165) is 35.6 Å². The average Bonchev–Trinajstić information content (AvgIpc) is 2.17. The fourth-order valence-corrected chi connectivity index (χ4v) is 1.95. The van der Waals surface area contributed by atoms with Crippen LogP contribution in [0.4, 0.5) is 0 Å². The Bertz CT molecular complexity index is 339. The summed E-state index contributed by atoms with van der Waals surface area (Å²) in [5, 5.41) is 3.37. The van der Waals surface area contributed by atoms with Crippen molar-refractivity contribution in [3.8, 4) is 11.5 Å². The Balaban J connectivity index is 0.00000128. The molecule has 0 unspecified atom stereocenters. The Morgan fingerprint density at radius 1 is 1.19 bits per heavy atom. The zero-order valence-corrected chi connectivity index (χ0v) is 10.7. The SMILES string of the molecule is COc1cc(C)cc(OC)c1[C@H]1CCN1.Cl. The molecule has 1 aliphatic rings. The zero-order valence-electron chi connectivity index (χ0n) is 9.87. The standard InChI is InChI=1S/C12H17NO2.ClH/c1-8-6-10(14-2)12(9-4-5-13-9)11(7-8)15-3;/h6-7,9,13H,4-5H2,1-3H3;1H/t9-;/m1./s1. The van der Waals surface area contributed by atoms with Crippen molar-refractivity contribution in [1.82, 2.24) is 5.32 Å². The Morgan fingerprint density at radius 2 is 1.69 bits per heavy atom. The Kier molecular flexibility index (Phi) is 4.44. The summed E-state index contributed by atoms with van der Waals surface area (Å²) in [6.07, 6.45) is 1.15. The quantitative estimate of drug-likeness (QED) is 0.885. The van der Waals surface area contributed by atoms with Crippen LogP contribution in [0, 0.1) is 6.92 Å². The number of rotatable bonds is 3. The molecule has 1 aromatic carbocycles. The third-order valence-corrected chi connectivity index (χ3v) is 2.86. The molecule has 1 N–H and O–H groups in total. The minimum atomic E-state index is 0. The first kappa shape index (κ1) is 13.1. The average molecular weight is 244 g/mol. The van der Waals surface area contributed by atoms with Gasteiger partial charge in [-0.3, -0.25) is 0 Å². The van der Waals surface area contributed by atoms with Crippen LogP contribution in [0.25, 0.3) is 0 Å². The molecule has 1 fully saturated rings. The predicted molar refractivity (Wildman–Crippen MR) is 66.9 cm³/mol. The van der Waals surface area contributed by atoms with Crippen LogP contribution in [0.2, 0.25) is 0 Å². The van der Waals surface area contributed by atoms with E-state index in [1.54, 1.807) is 14.2 Å². The van der Waals surface area contributed by atoms with E-state index in [1.165, 1.54) is 0 Å². The third-order valence-electron chi connectivity index (χ3n) is 2.86. The molecule has 1 saturated heterocycles. The molecule has 1 atom stereocenters. The molecule has 1 heterocycles. The maximum absolute atomic E-state index is 5.41. The van der Waals surface area contributed by atoms with Gasteiger partial charge in [0.05, 0.1) is 19.8 Å². The van der Waals surface area contributed by atoms with Crippen LogP contribution in [0.3, 0.4) is 0 Å². The zero-order chi connectivity index (χ0) is 10.8. The van der Waals surface area contributed by atoms with Crippen LogP contribution in [-0.4, -0.2) is 20.8 Å². The van der Waals surface area contributed by atoms with Crippen molar-refractivity contribution in [3.05, 3.63) is 23.3 Å². The Labute approximate surface area is 103 Å². The van der Waals surface area contributed by atoms with Gasteiger partial charge in [0, 0.05) is 6.04 Å². The number of methoxy groups -OCH3 is 2. The summed E-state index contributed by atoms with van der Waals surface area (Å²) in [7, 11) is 3.41. The molecule has 0 aliphatic carbocycles. The summed E-state index contributed by atoms with van der Waals surface area (Å²) in [4.78, 5) is 0. The summed E-state index contributed by atoms with van der Waals surface area (Å²) in [5.74, 6) is 1.84. The minimum Gasteiger partial charge on any atom is -0.496 e. The lowest BCUT2D eigenvalue weighted by atomic mass is 9.95. The smallest absolute Gasteiger partial charge is 0.127 e. The van der Waals surface area contributed by atoms with E-state index in [9.17, 15) is 0 Å². The molecule has 90 valence electrons. The number of hydrogen-bond acceptors (Lipinski definition) is 3. The van der Waals surface area contributed by atoms with Crippen LogP contribution in [0.1, 0.15) is 23.6 Å². The van der Waals surface area contributed by atoms with Crippen molar-refractivity contribution in [3.63, 3.8) is 0 Å². The van der Waals surface area contributed by atoms with Gasteiger partial charge in [0.15, 0.2) is 0 Å². The van der Waals surface area contributed by atoms with Gasteiger partial charge in [0.1, 0.15) is 11.5 Å². The van der Waals surface area contributed by atoms with E-state index in [2.05, 4.69) is 17.4 Å². The molecule has 1 aromatic rings. The molecular formula is C12H18ClNO2. The molecule has 2 rings (SSSR count). The first-order valence-corrected chi connectivity index (χ1v) is 5.22. The fraction of sp³-hybridized carbons (Fsp3) is 0.500. The summed E-state index contributed by atoms with van der Waals surface area (Å²) in [6, 6.07) is 4.49. The van der Waals surface area contributed by atoms with Gasteiger partial charge in [-0.2, -0.15) is 0 Å². The highest BCUT2D eigenvalue weighted by atomic mass is 35.5. The summed E-state index contributed by atoms with van der Waals surface area (Å²) in [5.41, 5.74) is 2.31. The van der Waals surface area contributed by atoms with Crippen molar-refractivity contribution in [2.24, 2.45) is 0 Å². The molecule has 1 aliphatic heterocycles. The molecule has 4 heteroatoms. The van der Waals surface area contributed by atoms with Gasteiger partial charge in [-0.15, -0.1) is 12.4 Å². The van der Waals surface area contributed by atoms with E-state index < -0.39 is 0 Å².